The summed E-state index contributed by atoms with van der Waals surface area (Å²) < 4.78 is 0. The molecular formula is C20H16N2O3S. The van der Waals surface area contributed by atoms with Gasteiger partial charge in [-0.2, -0.15) is 0 Å². The summed E-state index contributed by atoms with van der Waals surface area (Å²) in [5, 5.41) is 12.8. The van der Waals surface area contributed by atoms with Crippen LogP contribution in [-0.2, 0) is 4.79 Å². The number of aromatic carboxylic acids is 1. The highest BCUT2D eigenvalue weighted by Gasteiger charge is 2.17. The number of hydrogen-bond acceptors (Lipinski definition) is 4. The van der Waals surface area contributed by atoms with E-state index in [1.165, 1.54) is 6.92 Å². The van der Waals surface area contributed by atoms with Crippen molar-refractivity contribution >= 4 is 41.1 Å². The summed E-state index contributed by atoms with van der Waals surface area (Å²) in [5.74, 6) is -1.11. The highest BCUT2D eigenvalue weighted by Crippen LogP contribution is 2.29. The predicted octanol–water partition coefficient (Wildman–Crippen LogP) is 4.64. The molecule has 2 aromatic carbocycles. The number of carbonyl (C=O) groups is 2. The molecule has 26 heavy (non-hydrogen) atoms. The Kier molecular flexibility index (Phi) is 5.24. The number of amides is 1. The molecule has 0 aliphatic heterocycles. The Morgan fingerprint density at radius 1 is 1.04 bits per heavy atom. The molecule has 1 aromatic heterocycles. The van der Waals surface area contributed by atoms with Crippen LogP contribution in [0.4, 0.5) is 5.69 Å². The van der Waals surface area contributed by atoms with Gasteiger partial charge < -0.3 is 10.4 Å². The highest BCUT2D eigenvalue weighted by molar-refractivity contribution is 7.15. The number of carbonyl (C=O) groups excluding carboxylic acids is 1. The lowest BCUT2D eigenvalue weighted by atomic mass is 10.1. The first-order valence-corrected chi connectivity index (χ1v) is 8.70. The van der Waals surface area contributed by atoms with Gasteiger partial charge in [0.25, 0.3) is 0 Å². The normalized spacial score (nSPS) is 10.8. The zero-order valence-corrected chi connectivity index (χ0v) is 14.8. The van der Waals surface area contributed by atoms with Crippen LogP contribution in [0.15, 0.2) is 54.6 Å². The fourth-order valence-corrected chi connectivity index (χ4v) is 3.22. The number of nitrogens with one attached hydrogen (secondary N) is 1. The molecular weight excluding hydrogens is 348 g/mol. The van der Waals surface area contributed by atoms with Gasteiger partial charge in [-0.05, 0) is 23.8 Å². The third kappa shape index (κ3) is 4.23. The lowest BCUT2D eigenvalue weighted by Crippen LogP contribution is -2.05. The summed E-state index contributed by atoms with van der Waals surface area (Å²) in [6.07, 6.45) is 3.65. The van der Waals surface area contributed by atoms with Crippen molar-refractivity contribution in [1.82, 2.24) is 4.98 Å². The third-order valence-electron chi connectivity index (χ3n) is 3.53. The van der Waals surface area contributed by atoms with Crippen LogP contribution in [0.1, 0.15) is 27.2 Å². The Morgan fingerprint density at radius 3 is 2.35 bits per heavy atom. The predicted molar refractivity (Wildman–Crippen MR) is 104 cm³/mol. The minimum absolute atomic E-state index is 0.120. The van der Waals surface area contributed by atoms with Crippen LogP contribution in [0.2, 0.25) is 0 Å². The first-order valence-electron chi connectivity index (χ1n) is 7.88. The molecule has 3 aromatic rings. The smallest absolute Gasteiger partial charge is 0.348 e. The lowest BCUT2D eigenvalue weighted by Gasteiger charge is -2.01. The number of hydrogen-bond donors (Lipinski definition) is 2. The number of aromatic nitrogens is 1. The summed E-state index contributed by atoms with van der Waals surface area (Å²) in [7, 11) is 0. The first-order chi connectivity index (χ1) is 12.5. The molecule has 0 aliphatic carbocycles. The maximum Gasteiger partial charge on any atom is 0.348 e. The van der Waals surface area contributed by atoms with Gasteiger partial charge in [0, 0.05) is 18.2 Å². The monoisotopic (exact) mass is 364 g/mol. The number of benzene rings is 2. The van der Waals surface area contributed by atoms with Gasteiger partial charge >= 0.3 is 5.97 Å². The van der Waals surface area contributed by atoms with Crippen molar-refractivity contribution in [3.8, 4) is 11.3 Å². The highest BCUT2D eigenvalue weighted by atomic mass is 32.1. The minimum Gasteiger partial charge on any atom is -0.477 e. The van der Waals surface area contributed by atoms with E-state index in [0.717, 1.165) is 28.2 Å². The standard InChI is InChI=1S/C20H16N2O3S/c1-13(23)21-16-10-7-14(8-11-16)9-12-17-22-18(19(26-17)20(24)25)15-5-3-2-4-6-15/h2-12H,1H3,(H,21,23)(H,24,25)/b12-9+. The van der Waals surface area contributed by atoms with Crippen molar-refractivity contribution in [3.63, 3.8) is 0 Å². The van der Waals surface area contributed by atoms with E-state index in [9.17, 15) is 14.7 Å². The van der Waals surface area contributed by atoms with Gasteiger partial charge in [-0.25, -0.2) is 9.78 Å². The molecule has 0 aliphatic rings. The second-order valence-electron chi connectivity index (χ2n) is 5.54. The topological polar surface area (TPSA) is 79.3 Å². The van der Waals surface area contributed by atoms with Crippen molar-refractivity contribution in [3.05, 3.63) is 70.0 Å². The molecule has 1 heterocycles. The van der Waals surface area contributed by atoms with Crippen molar-refractivity contribution < 1.29 is 14.7 Å². The maximum absolute atomic E-state index is 11.5. The van der Waals surface area contributed by atoms with E-state index in [1.54, 1.807) is 18.2 Å². The van der Waals surface area contributed by atoms with E-state index in [2.05, 4.69) is 10.3 Å². The summed E-state index contributed by atoms with van der Waals surface area (Å²) in [6.45, 7) is 1.46. The Morgan fingerprint density at radius 2 is 1.73 bits per heavy atom. The second kappa shape index (κ2) is 7.76. The van der Waals surface area contributed by atoms with Gasteiger partial charge in [-0.1, -0.05) is 48.5 Å². The quantitative estimate of drug-likeness (QED) is 0.691. The minimum atomic E-state index is -0.985. The molecule has 0 unspecified atom stereocenters. The van der Waals surface area contributed by atoms with Gasteiger partial charge in [-0.3, -0.25) is 4.79 Å². The number of rotatable bonds is 5. The fourth-order valence-electron chi connectivity index (χ4n) is 2.39. The molecule has 3 rings (SSSR count). The van der Waals surface area contributed by atoms with Crippen LogP contribution in [-0.4, -0.2) is 22.0 Å². The maximum atomic E-state index is 11.5. The largest absolute Gasteiger partial charge is 0.477 e. The molecule has 0 bridgehead atoms. The molecule has 0 saturated heterocycles. The van der Waals surface area contributed by atoms with Crippen LogP contribution < -0.4 is 5.32 Å². The summed E-state index contributed by atoms with van der Waals surface area (Å²) >= 11 is 1.14. The zero-order valence-electron chi connectivity index (χ0n) is 14.0. The summed E-state index contributed by atoms with van der Waals surface area (Å²) in [5.41, 5.74) is 2.90. The fraction of sp³-hybridized carbons (Fsp3) is 0.0500. The second-order valence-corrected chi connectivity index (χ2v) is 6.57. The lowest BCUT2D eigenvalue weighted by molar-refractivity contribution is -0.114. The zero-order chi connectivity index (χ0) is 18.5. The van der Waals surface area contributed by atoms with Crippen LogP contribution >= 0.6 is 11.3 Å². The molecule has 0 fully saturated rings. The van der Waals surface area contributed by atoms with E-state index in [-0.39, 0.29) is 10.8 Å². The summed E-state index contributed by atoms with van der Waals surface area (Å²) in [4.78, 5) is 27.2. The number of thiazole rings is 1. The Hall–Kier alpha value is -3.25. The van der Waals surface area contributed by atoms with Gasteiger partial charge in [0.15, 0.2) is 0 Å². The SMILES string of the molecule is CC(=O)Nc1ccc(/C=C/c2nc(-c3ccccc3)c(C(=O)O)s2)cc1. The number of nitrogens with zero attached hydrogens (tertiary/aromatic N) is 1. The van der Waals surface area contributed by atoms with Crippen molar-refractivity contribution in [1.29, 1.82) is 0 Å². The van der Waals surface area contributed by atoms with Crippen LogP contribution in [0.5, 0.6) is 0 Å². The number of anilines is 1. The van der Waals surface area contributed by atoms with Crippen LogP contribution in [0.3, 0.4) is 0 Å². The molecule has 1 amide bonds. The van der Waals surface area contributed by atoms with E-state index in [0.29, 0.717) is 10.7 Å². The molecule has 0 atom stereocenters. The van der Waals surface area contributed by atoms with Crippen LogP contribution in [0.25, 0.3) is 23.4 Å². The average molecular weight is 364 g/mol. The Labute approximate surface area is 154 Å². The van der Waals surface area contributed by atoms with E-state index >= 15 is 0 Å². The van der Waals surface area contributed by atoms with Gasteiger partial charge in [0.2, 0.25) is 5.91 Å². The average Bonchev–Trinajstić information content (AvgIpc) is 3.06. The van der Waals surface area contributed by atoms with Gasteiger partial charge in [0.1, 0.15) is 9.88 Å². The van der Waals surface area contributed by atoms with Gasteiger partial charge in [0.05, 0.1) is 5.69 Å². The molecule has 2 N–H and O–H groups in total. The summed E-state index contributed by atoms with van der Waals surface area (Å²) in [6, 6.07) is 16.6. The number of carboxylic acid groups (broad SMARTS) is 1. The Balaban J connectivity index is 1.85. The van der Waals surface area contributed by atoms with Crippen molar-refractivity contribution in [2.24, 2.45) is 0 Å². The van der Waals surface area contributed by atoms with Crippen molar-refractivity contribution in [2.45, 2.75) is 6.92 Å². The molecule has 0 radical (unpaired) electrons. The molecule has 0 spiro atoms. The van der Waals surface area contributed by atoms with E-state index < -0.39 is 5.97 Å². The molecule has 130 valence electrons. The van der Waals surface area contributed by atoms with Gasteiger partial charge in [-0.15, -0.1) is 11.3 Å². The van der Waals surface area contributed by atoms with Crippen molar-refractivity contribution in [2.75, 3.05) is 5.32 Å². The Bertz CT molecular complexity index is 960. The first kappa shape index (κ1) is 17.6. The van der Waals surface area contributed by atoms with Crippen LogP contribution in [0, 0.1) is 0 Å². The van der Waals surface area contributed by atoms with E-state index in [1.807, 2.05) is 48.5 Å². The number of carboxylic acids is 1. The molecule has 6 heteroatoms. The molecule has 5 nitrogen and oxygen atoms in total. The molecule has 0 saturated carbocycles. The third-order valence-corrected chi connectivity index (χ3v) is 4.54. The van der Waals surface area contributed by atoms with E-state index in [4.69, 9.17) is 0 Å².